The molecule has 2 aliphatic rings. The van der Waals surface area contributed by atoms with Crippen LogP contribution in [0.5, 0.6) is 0 Å². The van der Waals surface area contributed by atoms with Crippen molar-refractivity contribution in [2.24, 2.45) is 5.92 Å². The maximum atomic E-state index is 6.28. The summed E-state index contributed by atoms with van der Waals surface area (Å²) in [6.45, 7) is 4.26. The summed E-state index contributed by atoms with van der Waals surface area (Å²) < 4.78 is 12.4. The summed E-state index contributed by atoms with van der Waals surface area (Å²) in [5.74, 6) is 0.784. The summed E-state index contributed by atoms with van der Waals surface area (Å²) in [6, 6.07) is 0. The van der Waals surface area contributed by atoms with Crippen LogP contribution in [0.4, 0.5) is 0 Å². The Morgan fingerprint density at radius 1 is 0.652 bits per heavy atom. The van der Waals surface area contributed by atoms with E-state index in [1.54, 1.807) is 0 Å². The van der Waals surface area contributed by atoms with Crippen LogP contribution in [0.3, 0.4) is 0 Å². The monoisotopic (exact) mass is 324 g/mol. The van der Waals surface area contributed by atoms with E-state index in [9.17, 15) is 0 Å². The number of rotatable bonds is 9. The van der Waals surface area contributed by atoms with Gasteiger partial charge in [-0.05, 0) is 50.9 Å². The number of unbranched alkanes of at least 4 members (excludes halogenated alkanes) is 3. The first-order valence-electron chi connectivity index (χ1n) is 10.6. The second kappa shape index (κ2) is 12.3. The summed E-state index contributed by atoms with van der Waals surface area (Å²) >= 11 is 0. The van der Waals surface area contributed by atoms with E-state index in [1.165, 1.54) is 96.3 Å². The van der Waals surface area contributed by atoms with E-state index >= 15 is 0 Å². The van der Waals surface area contributed by atoms with Gasteiger partial charge in [-0.25, -0.2) is 0 Å². The Morgan fingerprint density at radius 3 is 2.17 bits per heavy atom. The SMILES string of the molecule is CCCCCCOC1CCCC(COC2CCCCCC2)CC1. The molecule has 2 atom stereocenters. The van der Waals surface area contributed by atoms with Crippen LogP contribution in [0.2, 0.25) is 0 Å². The maximum absolute atomic E-state index is 6.28. The van der Waals surface area contributed by atoms with Gasteiger partial charge in [-0.3, -0.25) is 0 Å². The van der Waals surface area contributed by atoms with Crippen molar-refractivity contribution in [1.82, 2.24) is 0 Å². The Labute approximate surface area is 144 Å². The Bertz CT molecular complexity index is 271. The standard InChI is InChI=1S/C21H40O2/c1-2-3-4-9-17-22-21-14-10-11-19(15-16-21)18-23-20-12-7-5-6-8-13-20/h19-21H,2-18H2,1H3. The van der Waals surface area contributed by atoms with Gasteiger partial charge in [0.05, 0.1) is 12.2 Å². The molecule has 2 nitrogen and oxygen atoms in total. The normalized spacial score (nSPS) is 27.5. The highest BCUT2D eigenvalue weighted by Gasteiger charge is 2.21. The highest BCUT2D eigenvalue weighted by Crippen LogP contribution is 2.27. The van der Waals surface area contributed by atoms with Crippen molar-refractivity contribution < 1.29 is 9.47 Å². The molecule has 0 heterocycles. The predicted molar refractivity (Wildman–Crippen MR) is 97.9 cm³/mol. The molecule has 2 rings (SSSR count). The van der Waals surface area contributed by atoms with E-state index in [0.717, 1.165) is 19.1 Å². The molecule has 2 fully saturated rings. The molecular formula is C21H40O2. The molecule has 0 spiro atoms. The highest BCUT2D eigenvalue weighted by molar-refractivity contribution is 4.72. The molecule has 0 N–H and O–H groups in total. The molecule has 136 valence electrons. The molecular weight excluding hydrogens is 284 g/mol. The second-order valence-corrected chi connectivity index (χ2v) is 7.87. The Hall–Kier alpha value is -0.0800. The van der Waals surface area contributed by atoms with Crippen LogP contribution in [0.1, 0.15) is 103 Å². The second-order valence-electron chi connectivity index (χ2n) is 7.87. The summed E-state index contributed by atoms with van der Waals surface area (Å²) in [5, 5.41) is 0. The van der Waals surface area contributed by atoms with Gasteiger partial charge < -0.3 is 9.47 Å². The van der Waals surface area contributed by atoms with Gasteiger partial charge in [0.2, 0.25) is 0 Å². The fourth-order valence-electron chi connectivity index (χ4n) is 4.14. The van der Waals surface area contributed by atoms with Crippen LogP contribution >= 0.6 is 0 Å². The molecule has 0 radical (unpaired) electrons. The average molecular weight is 325 g/mol. The Kier molecular flexibility index (Phi) is 10.3. The van der Waals surface area contributed by atoms with E-state index in [0.29, 0.717) is 12.2 Å². The van der Waals surface area contributed by atoms with E-state index in [1.807, 2.05) is 0 Å². The minimum Gasteiger partial charge on any atom is -0.378 e. The van der Waals surface area contributed by atoms with Crippen molar-refractivity contribution >= 4 is 0 Å². The van der Waals surface area contributed by atoms with Crippen molar-refractivity contribution in [3.05, 3.63) is 0 Å². The van der Waals surface area contributed by atoms with E-state index in [4.69, 9.17) is 9.47 Å². The molecule has 0 bridgehead atoms. The molecule has 0 aliphatic heterocycles. The fourth-order valence-corrected chi connectivity index (χ4v) is 4.14. The van der Waals surface area contributed by atoms with Crippen LogP contribution in [0.25, 0.3) is 0 Å². The van der Waals surface area contributed by atoms with E-state index in [-0.39, 0.29) is 0 Å². The molecule has 23 heavy (non-hydrogen) atoms. The van der Waals surface area contributed by atoms with Gasteiger partial charge in [0, 0.05) is 13.2 Å². The van der Waals surface area contributed by atoms with Crippen molar-refractivity contribution in [2.45, 2.75) is 115 Å². The lowest BCUT2D eigenvalue weighted by Crippen LogP contribution is -2.18. The number of hydrogen-bond donors (Lipinski definition) is 0. The molecule has 2 unspecified atom stereocenters. The summed E-state index contributed by atoms with van der Waals surface area (Å²) in [5.41, 5.74) is 0. The van der Waals surface area contributed by atoms with Crippen molar-refractivity contribution in [2.75, 3.05) is 13.2 Å². The van der Waals surface area contributed by atoms with Crippen LogP contribution in [-0.4, -0.2) is 25.4 Å². The number of hydrogen-bond acceptors (Lipinski definition) is 2. The van der Waals surface area contributed by atoms with Crippen molar-refractivity contribution in [3.8, 4) is 0 Å². The first kappa shape index (κ1) is 19.2. The zero-order valence-electron chi connectivity index (χ0n) is 15.6. The van der Waals surface area contributed by atoms with Gasteiger partial charge in [0.1, 0.15) is 0 Å². The zero-order valence-corrected chi connectivity index (χ0v) is 15.6. The van der Waals surface area contributed by atoms with E-state index in [2.05, 4.69) is 6.92 Å². The lowest BCUT2D eigenvalue weighted by atomic mass is 10.0. The molecule has 0 aromatic carbocycles. The van der Waals surface area contributed by atoms with Crippen LogP contribution < -0.4 is 0 Å². The largest absolute Gasteiger partial charge is 0.378 e. The molecule has 2 saturated carbocycles. The van der Waals surface area contributed by atoms with Crippen LogP contribution in [0.15, 0.2) is 0 Å². The van der Waals surface area contributed by atoms with Gasteiger partial charge in [0.25, 0.3) is 0 Å². The first-order valence-corrected chi connectivity index (χ1v) is 10.6. The Balaban J connectivity index is 1.56. The average Bonchev–Trinajstić information content (AvgIpc) is 2.95. The zero-order chi connectivity index (χ0) is 16.2. The molecule has 0 saturated heterocycles. The van der Waals surface area contributed by atoms with Gasteiger partial charge in [-0.15, -0.1) is 0 Å². The molecule has 2 aliphatic carbocycles. The van der Waals surface area contributed by atoms with E-state index < -0.39 is 0 Å². The Morgan fingerprint density at radius 2 is 1.39 bits per heavy atom. The number of ether oxygens (including phenoxy) is 2. The fraction of sp³-hybridized carbons (Fsp3) is 1.00. The third-order valence-corrected chi connectivity index (χ3v) is 5.76. The molecule has 0 aromatic heterocycles. The summed E-state index contributed by atoms with van der Waals surface area (Å²) in [6.07, 6.45) is 21.1. The summed E-state index contributed by atoms with van der Waals surface area (Å²) in [4.78, 5) is 0. The van der Waals surface area contributed by atoms with Crippen LogP contribution in [0, 0.1) is 5.92 Å². The van der Waals surface area contributed by atoms with Gasteiger partial charge in [-0.2, -0.15) is 0 Å². The van der Waals surface area contributed by atoms with Crippen molar-refractivity contribution in [3.63, 3.8) is 0 Å². The first-order chi connectivity index (χ1) is 11.4. The van der Waals surface area contributed by atoms with Crippen molar-refractivity contribution in [1.29, 1.82) is 0 Å². The third kappa shape index (κ3) is 8.54. The molecule has 0 amide bonds. The van der Waals surface area contributed by atoms with Gasteiger partial charge in [0.15, 0.2) is 0 Å². The van der Waals surface area contributed by atoms with Crippen LogP contribution in [-0.2, 0) is 9.47 Å². The lowest BCUT2D eigenvalue weighted by molar-refractivity contribution is 0.0138. The predicted octanol–water partition coefficient (Wildman–Crippen LogP) is 6.27. The molecule has 2 heteroatoms. The maximum Gasteiger partial charge on any atom is 0.0575 e. The lowest BCUT2D eigenvalue weighted by Gasteiger charge is -2.20. The minimum atomic E-state index is 0.527. The van der Waals surface area contributed by atoms with Gasteiger partial charge in [-0.1, -0.05) is 58.3 Å². The highest BCUT2D eigenvalue weighted by atomic mass is 16.5. The van der Waals surface area contributed by atoms with Gasteiger partial charge >= 0.3 is 0 Å². The minimum absolute atomic E-state index is 0.527. The topological polar surface area (TPSA) is 18.5 Å². The molecule has 0 aromatic rings. The quantitative estimate of drug-likeness (QED) is 0.367. The summed E-state index contributed by atoms with van der Waals surface area (Å²) in [7, 11) is 0. The third-order valence-electron chi connectivity index (χ3n) is 5.76. The smallest absolute Gasteiger partial charge is 0.0575 e.